The Kier molecular flexibility index (Phi) is 9.55. The Morgan fingerprint density at radius 1 is 0.878 bits per heavy atom. The third kappa shape index (κ3) is 7.07. The smallest absolute Gasteiger partial charge is 0.243 e. The number of amides is 4. The first-order valence-electron chi connectivity index (χ1n) is 14.8. The zero-order valence-corrected chi connectivity index (χ0v) is 24.1. The molecule has 3 atom stereocenters. The van der Waals surface area contributed by atoms with Crippen molar-refractivity contribution in [1.82, 2.24) is 15.1 Å². The summed E-state index contributed by atoms with van der Waals surface area (Å²) in [5.41, 5.74) is 1.79. The van der Waals surface area contributed by atoms with E-state index in [-0.39, 0.29) is 61.0 Å². The number of likely N-dealkylation sites (tertiary alicyclic amines) is 1. The molecule has 0 aromatic heterocycles. The number of carbonyl (C=O) groups excluding carboxylic acids is 4. The van der Waals surface area contributed by atoms with Crippen LogP contribution in [0.2, 0.25) is 5.02 Å². The number of halogens is 1. The van der Waals surface area contributed by atoms with Crippen molar-refractivity contribution in [2.24, 2.45) is 11.8 Å². The second-order valence-corrected chi connectivity index (χ2v) is 11.9. The van der Waals surface area contributed by atoms with Crippen LogP contribution in [0.15, 0.2) is 66.7 Å². The van der Waals surface area contributed by atoms with Gasteiger partial charge in [0.2, 0.25) is 23.6 Å². The highest BCUT2D eigenvalue weighted by molar-refractivity contribution is 6.30. The maximum absolute atomic E-state index is 14.0. The van der Waals surface area contributed by atoms with Gasteiger partial charge in [-0.25, -0.2) is 0 Å². The SMILES string of the molecule is O=C(NC1CCCCC1)[C@@H](Cc1ccccc1)N(Cc1ccc(Cl)cc1)C(=O)CCN1C(=O)[C@H]2CC=CC[C@H]2C1=O. The van der Waals surface area contributed by atoms with E-state index in [1.165, 1.54) is 11.3 Å². The van der Waals surface area contributed by atoms with Crippen molar-refractivity contribution in [1.29, 1.82) is 0 Å². The molecule has 2 aromatic rings. The van der Waals surface area contributed by atoms with Crippen molar-refractivity contribution >= 4 is 35.2 Å². The van der Waals surface area contributed by atoms with Crippen molar-refractivity contribution in [2.75, 3.05) is 6.54 Å². The molecule has 0 radical (unpaired) electrons. The van der Waals surface area contributed by atoms with E-state index in [2.05, 4.69) is 5.32 Å². The van der Waals surface area contributed by atoms with E-state index in [0.29, 0.717) is 24.3 Å². The minimum Gasteiger partial charge on any atom is -0.352 e. The average molecular weight is 576 g/mol. The van der Waals surface area contributed by atoms with Crippen molar-refractivity contribution in [3.63, 3.8) is 0 Å². The van der Waals surface area contributed by atoms with Gasteiger partial charge >= 0.3 is 0 Å². The first kappa shape index (κ1) is 29.1. The molecule has 1 saturated carbocycles. The largest absolute Gasteiger partial charge is 0.352 e. The van der Waals surface area contributed by atoms with Crippen molar-refractivity contribution in [3.05, 3.63) is 82.9 Å². The number of nitrogens with zero attached hydrogens (tertiary/aromatic N) is 2. The normalized spacial score (nSPS) is 21.4. The molecule has 8 heteroatoms. The Balaban J connectivity index is 1.38. The summed E-state index contributed by atoms with van der Waals surface area (Å²) in [6.07, 6.45) is 10.5. The third-order valence-corrected chi connectivity index (χ3v) is 8.89. The Morgan fingerprint density at radius 3 is 2.15 bits per heavy atom. The summed E-state index contributed by atoms with van der Waals surface area (Å²) < 4.78 is 0. The molecule has 41 heavy (non-hydrogen) atoms. The van der Waals surface area contributed by atoms with Crippen LogP contribution in [0.3, 0.4) is 0 Å². The summed E-state index contributed by atoms with van der Waals surface area (Å²) in [6.45, 7) is 0.228. The molecule has 2 aromatic carbocycles. The lowest BCUT2D eigenvalue weighted by molar-refractivity contribution is -0.144. The molecule has 1 heterocycles. The predicted molar refractivity (Wildman–Crippen MR) is 158 cm³/mol. The summed E-state index contributed by atoms with van der Waals surface area (Å²) in [6, 6.07) is 16.3. The van der Waals surface area contributed by atoms with E-state index >= 15 is 0 Å². The van der Waals surface area contributed by atoms with Gasteiger partial charge in [0.1, 0.15) is 6.04 Å². The highest BCUT2D eigenvalue weighted by Crippen LogP contribution is 2.35. The average Bonchev–Trinajstić information content (AvgIpc) is 3.24. The number of carbonyl (C=O) groups is 4. The number of fused-ring (bicyclic) bond motifs is 1. The monoisotopic (exact) mass is 575 g/mol. The molecule has 4 amide bonds. The standard InChI is InChI=1S/C33H38ClN3O4/c34-25-17-15-24(16-18-25)22-37(30(38)19-20-36-32(40)27-13-7-8-14-28(27)33(36)41)29(21-23-9-3-1-4-10-23)31(39)35-26-11-5-2-6-12-26/h1,3-4,7-10,15-18,26-29H,2,5-6,11-14,19-22H2,(H,35,39)/t27-,28+,29-/m1/s1. The molecule has 7 nitrogen and oxygen atoms in total. The number of hydrogen-bond donors (Lipinski definition) is 1. The van der Waals surface area contributed by atoms with Gasteiger partial charge in [-0.3, -0.25) is 24.1 Å². The molecule has 1 N–H and O–H groups in total. The van der Waals surface area contributed by atoms with Crippen LogP contribution < -0.4 is 5.32 Å². The van der Waals surface area contributed by atoms with Crippen LogP contribution in [-0.2, 0) is 32.1 Å². The highest BCUT2D eigenvalue weighted by Gasteiger charge is 2.47. The Labute approximate surface area is 246 Å². The molecule has 0 bridgehead atoms. The molecule has 3 aliphatic rings. The van der Waals surface area contributed by atoms with Crippen LogP contribution in [0.4, 0.5) is 0 Å². The molecule has 1 aliphatic heterocycles. The van der Waals surface area contributed by atoms with Crippen LogP contribution >= 0.6 is 11.6 Å². The lowest BCUT2D eigenvalue weighted by Crippen LogP contribution is -2.53. The fourth-order valence-electron chi connectivity index (χ4n) is 6.33. The minimum absolute atomic E-state index is 0.0168. The van der Waals surface area contributed by atoms with Crippen LogP contribution in [-0.4, -0.2) is 52.1 Å². The van der Waals surface area contributed by atoms with E-state index in [1.807, 2.05) is 54.6 Å². The zero-order chi connectivity index (χ0) is 28.8. The Hall–Kier alpha value is -3.45. The summed E-state index contributed by atoms with van der Waals surface area (Å²) >= 11 is 6.12. The second kappa shape index (κ2) is 13.5. The van der Waals surface area contributed by atoms with Gasteiger partial charge in [0, 0.05) is 37.0 Å². The maximum atomic E-state index is 14.0. The quantitative estimate of drug-likeness (QED) is 0.316. The topological polar surface area (TPSA) is 86.8 Å². The van der Waals surface area contributed by atoms with E-state index in [9.17, 15) is 19.2 Å². The van der Waals surface area contributed by atoms with Crippen LogP contribution in [0.1, 0.15) is 62.5 Å². The molecular weight excluding hydrogens is 538 g/mol. The van der Waals surface area contributed by atoms with Crippen molar-refractivity contribution in [2.45, 2.75) is 76.4 Å². The molecule has 0 spiro atoms. The number of allylic oxidation sites excluding steroid dienone is 2. The van der Waals surface area contributed by atoms with Gasteiger partial charge in [0.05, 0.1) is 11.8 Å². The second-order valence-electron chi connectivity index (χ2n) is 11.4. The summed E-state index contributed by atoms with van der Waals surface area (Å²) in [5.74, 6) is -1.50. The van der Waals surface area contributed by atoms with Crippen LogP contribution in [0, 0.1) is 11.8 Å². The zero-order valence-electron chi connectivity index (χ0n) is 23.3. The molecule has 0 unspecified atom stereocenters. The molecule has 216 valence electrons. The van der Waals surface area contributed by atoms with E-state index in [4.69, 9.17) is 11.6 Å². The number of hydrogen-bond acceptors (Lipinski definition) is 4. The van der Waals surface area contributed by atoms with Gasteiger partial charge in [-0.1, -0.05) is 85.5 Å². The highest BCUT2D eigenvalue weighted by atomic mass is 35.5. The van der Waals surface area contributed by atoms with Crippen molar-refractivity contribution < 1.29 is 19.2 Å². The number of nitrogens with one attached hydrogen (secondary N) is 1. The molecule has 5 rings (SSSR count). The lowest BCUT2D eigenvalue weighted by atomic mass is 9.85. The molecule has 1 saturated heterocycles. The summed E-state index contributed by atoms with van der Waals surface area (Å²) in [4.78, 5) is 56.8. The first-order chi connectivity index (χ1) is 19.9. The van der Waals surface area contributed by atoms with Gasteiger partial charge < -0.3 is 10.2 Å². The molecular formula is C33H38ClN3O4. The summed E-state index contributed by atoms with van der Waals surface area (Å²) in [5, 5.41) is 3.82. The summed E-state index contributed by atoms with van der Waals surface area (Å²) in [7, 11) is 0. The number of rotatable bonds is 10. The maximum Gasteiger partial charge on any atom is 0.243 e. The molecule has 2 aliphatic carbocycles. The Bertz CT molecular complexity index is 1250. The van der Waals surface area contributed by atoms with E-state index in [1.54, 1.807) is 17.0 Å². The number of benzene rings is 2. The van der Waals surface area contributed by atoms with Crippen LogP contribution in [0.25, 0.3) is 0 Å². The van der Waals surface area contributed by atoms with Gasteiger partial charge in [0.15, 0.2) is 0 Å². The van der Waals surface area contributed by atoms with Gasteiger partial charge in [-0.05, 0) is 48.9 Å². The lowest BCUT2D eigenvalue weighted by Gasteiger charge is -2.34. The first-order valence-corrected chi connectivity index (χ1v) is 15.2. The third-order valence-electron chi connectivity index (χ3n) is 8.64. The molecule has 2 fully saturated rings. The van der Waals surface area contributed by atoms with E-state index in [0.717, 1.165) is 36.8 Å². The minimum atomic E-state index is -0.751. The number of imide groups is 1. The van der Waals surface area contributed by atoms with Crippen LogP contribution in [0.5, 0.6) is 0 Å². The van der Waals surface area contributed by atoms with Gasteiger partial charge in [-0.2, -0.15) is 0 Å². The fourth-order valence-corrected chi connectivity index (χ4v) is 6.45. The fraction of sp³-hybridized carbons (Fsp3) is 0.455. The predicted octanol–water partition coefficient (Wildman–Crippen LogP) is 5.07. The Morgan fingerprint density at radius 2 is 1.51 bits per heavy atom. The van der Waals surface area contributed by atoms with Gasteiger partial charge in [0.25, 0.3) is 0 Å². The van der Waals surface area contributed by atoms with Crippen molar-refractivity contribution in [3.8, 4) is 0 Å². The van der Waals surface area contributed by atoms with E-state index < -0.39 is 6.04 Å². The van der Waals surface area contributed by atoms with Gasteiger partial charge in [-0.15, -0.1) is 0 Å².